The molecular weight excluding hydrogens is 320 g/mol. The Hall–Kier alpha value is -1.93. The molecule has 2 aliphatic rings. The monoisotopic (exact) mass is 338 g/mol. The van der Waals surface area contributed by atoms with Gasteiger partial charge in [0.2, 0.25) is 15.9 Å². The number of aryl methyl sites for hydroxylation is 1. The van der Waals surface area contributed by atoms with Crippen molar-refractivity contribution in [2.75, 3.05) is 18.1 Å². The van der Waals surface area contributed by atoms with Crippen molar-refractivity contribution in [3.63, 3.8) is 0 Å². The first kappa shape index (κ1) is 15.9. The molecule has 0 saturated carbocycles. The van der Waals surface area contributed by atoms with E-state index in [4.69, 9.17) is 4.74 Å². The van der Waals surface area contributed by atoms with Crippen molar-refractivity contribution in [2.45, 2.75) is 37.1 Å². The molecule has 2 saturated heterocycles. The summed E-state index contributed by atoms with van der Waals surface area (Å²) in [5.41, 5.74) is 1.12. The van der Waals surface area contributed by atoms with Gasteiger partial charge in [0.05, 0.1) is 11.5 Å². The Kier molecular flexibility index (Phi) is 4.11. The lowest BCUT2D eigenvalue weighted by molar-refractivity contribution is -0.139. The maximum atomic E-state index is 12.6. The molecule has 2 fully saturated rings. The molecule has 1 amide bonds. The van der Waals surface area contributed by atoms with Gasteiger partial charge in [0.1, 0.15) is 6.04 Å². The fourth-order valence-electron chi connectivity index (χ4n) is 2.82. The lowest BCUT2D eigenvalue weighted by Crippen LogP contribution is -2.38. The molecule has 3 rings (SSSR count). The Bertz CT molecular complexity index is 759. The van der Waals surface area contributed by atoms with Crippen molar-refractivity contribution in [3.8, 4) is 0 Å². The first-order valence-electron chi connectivity index (χ1n) is 7.48. The predicted octanol–water partition coefficient (Wildman–Crippen LogP) is 0.716. The SMILES string of the molecule is Cc1ccc(N2CCCC2=O)cc1S(=O)(=O)N[C@H]1CCOC1=O. The van der Waals surface area contributed by atoms with Gasteiger partial charge in [-0.05, 0) is 31.0 Å². The minimum atomic E-state index is -3.87. The summed E-state index contributed by atoms with van der Waals surface area (Å²) >= 11 is 0. The van der Waals surface area contributed by atoms with Crippen LogP contribution in [0.5, 0.6) is 0 Å². The van der Waals surface area contributed by atoms with E-state index in [9.17, 15) is 18.0 Å². The minimum Gasteiger partial charge on any atom is -0.464 e. The molecule has 0 aliphatic carbocycles. The van der Waals surface area contributed by atoms with Crippen LogP contribution in [0.4, 0.5) is 5.69 Å². The minimum absolute atomic E-state index is 0.00969. The van der Waals surface area contributed by atoms with Crippen LogP contribution in [0, 0.1) is 6.92 Å². The van der Waals surface area contributed by atoms with Gasteiger partial charge in [-0.3, -0.25) is 9.59 Å². The summed E-state index contributed by atoms with van der Waals surface area (Å²) in [4.78, 5) is 25.0. The number of amides is 1. The van der Waals surface area contributed by atoms with E-state index in [-0.39, 0.29) is 17.4 Å². The number of rotatable bonds is 4. The van der Waals surface area contributed by atoms with Crippen LogP contribution in [0.1, 0.15) is 24.8 Å². The van der Waals surface area contributed by atoms with Gasteiger partial charge in [-0.2, -0.15) is 4.72 Å². The summed E-state index contributed by atoms with van der Waals surface area (Å²) in [7, 11) is -3.87. The van der Waals surface area contributed by atoms with E-state index in [1.165, 1.54) is 6.07 Å². The highest BCUT2D eigenvalue weighted by atomic mass is 32.2. The van der Waals surface area contributed by atoms with Gasteiger partial charge in [0.25, 0.3) is 0 Å². The van der Waals surface area contributed by atoms with Crippen LogP contribution in [0.25, 0.3) is 0 Å². The molecule has 2 aliphatic heterocycles. The van der Waals surface area contributed by atoms with Crippen LogP contribution >= 0.6 is 0 Å². The maximum absolute atomic E-state index is 12.6. The number of hydrogen-bond acceptors (Lipinski definition) is 5. The molecule has 0 aromatic heterocycles. The largest absolute Gasteiger partial charge is 0.464 e. The molecule has 0 spiro atoms. The third-order valence-electron chi connectivity index (χ3n) is 4.08. The summed E-state index contributed by atoms with van der Waals surface area (Å²) in [6, 6.07) is 4.04. The second kappa shape index (κ2) is 5.93. The van der Waals surface area contributed by atoms with Gasteiger partial charge < -0.3 is 9.64 Å². The molecule has 23 heavy (non-hydrogen) atoms. The Morgan fingerprint density at radius 1 is 1.30 bits per heavy atom. The zero-order valence-electron chi connectivity index (χ0n) is 12.7. The molecule has 0 unspecified atom stereocenters. The van der Waals surface area contributed by atoms with Gasteiger partial charge in [-0.15, -0.1) is 0 Å². The van der Waals surface area contributed by atoms with E-state index in [1.54, 1.807) is 24.0 Å². The van der Waals surface area contributed by atoms with E-state index >= 15 is 0 Å². The van der Waals surface area contributed by atoms with E-state index in [0.29, 0.717) is 30.6 Å². The van der Waals surface area contributed by atoms with Gasteiger partial charge in [0, 0.05) is 25.1 Å². The standard InChI is InChI=1S/C15H18N2O5S/c1-10-4-5-11(17-7-2-3-14(17)18)9-13(10)23(20,21)16-12-6-8-22-15(12)19/h4-5,9,12,16H,2-3,6-8H2,1H3/t12-/m0/s1. The van der Waals surface area contributed by atoms with Crippen LogP contribution in [0.3, 0.4) is 0 Å². The number of benzene rings is 1. The fraction of sp³-hybridized carbons (Fsp3) is 0.467. The molecule has 1 atom stereocenters. The van der Waals surface area contributed by atoms with Crippen LogP contribution in [-0.2, 0) is 24.3 Å². The predicted molar refractivity (Wildman–Crippen MR) is 82.5 cm³/mol. The van der Waals surface area contributed by atoms with E-state index in [1.807, 2.05) is 0 Å². The Morgan fingerprint density at radius 2 is 2.09 bits per heavy atom. The summed E-state index contributed by atoms with van der Waals surface area (Å²) in [6.45, 7) is 2.48. The van der Waals surface area contributed by atoms with E-state index < -0.39 is 22.0 Å². The molecular formula is C15H18N2O5S. The quantitative estimate of drug-likeness (QED) is 0.817. The summed E-state index contributed by atoms with van der Waals surface area (Å²) in [5, 5.41) is 0. The molecule has 7 nitrogen and oxygen atoms in total. The maximum Gasteiger partial charge on any atom is 0.324 e. The van der Waals surface area contributed by atoms with Crippen LogP contribution in [-0.4, -0.2) is 39.5 Å². The highest BCUT2D eigenvalue weighted by Crippen LogP contribution is 2.27. The van der Waals surface area contributed by atoms with Crippen molar-refractivity contribution in [1.82, 2.24) is 4.72 Å². The average Bonchev–Trinajstić information content (AvgIpc) is 3.08. The summed E-state index contributed by atoms with van der Waals surface area (Å²) < 4.78 is 32.3. The third-order valence-corrected chi connectivity index (χ3v) is 5.69. The Balaban J connectivity index is 1.91. The fourth-order valence-corrected chi connectivity index (χ4v) is 4.30. The molecule has 1 aromatic carbocycles. The molecule has 8 heteroatoms. The molecule has 1 aromatic rings. The first-order chi connectivity index (χ1) is 10.9. The van der Waals surface area contributed by atoms with Crippen LogP contribution in [0.2, 0.25) is 0 Å². The lowest BCUT2D eigenvalue weighted by Gasteiger charge is -2.18. The molecule has 2 heterocycles. The highest BCUT2D eigenvalue weighted by Gasteiger charge is 2.32. The van der Waals surface area contributed by atoms with Crippen LogP contribution < -0.4 is 9.62 Å². The molecule has 124 valence electrons. The topological polar surface area (TPSA) is 92.8 Å². The third kappa shape index (κ3) is 3.09. The van der Waals surface area contributed by atoms with Crippen molar-refractivity contribution in [2.24, 2.45) is 0 Å². The van der Waals surface area contributed by atoms with E-state index in [0.717, 1.165) is 6.42 Å². The van der Waals surface area contributed by atoms with Crippen molar-refractivity contribution in [1.29, 1.82) is 0 Å². The van der Waals surface area contributed by atoms with Crippen molar-refractivity contribution >= 4 is 27.6 Å². The molecule has 0 bridgehead atoms. The van der Waals surface area contributed by atoms with Crippen molar-refractivity contribution < 1.29 is 22.7 Å². The zero-order chi connectivity index (χ0) is 16.6. The molecule has 0 radical (unpaired) electrons. The molecule has 1 N–H and O–H groups in total. The highest BCUT2D eigenvalue weighted by molar-refractivity contribution is 7.89. The lowest BCUT2D eigenvalue weighted by atomic mass is 10.2. The average molecular weight is 338 g/mol. The van der Waals surface area contributed by atoms with E-state index in [2.05, 4.69) is 4.72 Å². The number of cyclic esters (lactones) is 1. The van der Waals surface area contributed by atoms with Gasteiger partial charge in [-0.25, -0.2) is 8.42 Å². The van der Waals surface area contributed by atoms with Crippen LogP contribution in [0.15, 0.2) is 23.1 Å². The number of ether oxygens (including phenoxy) is 1. The number of hydrogen-bond donors (Lipinski definition) is 1. The number of nitrogens with one attached hydrogen (secondary N) is 1. The van der Waals surface area contributed by atoms with Gasteiger partial charge >= 0.3 is 5.97 Å². The second-order valence-corrected chi connectivity index (χ2v) is 7.41. The number of carbonyl (C=O) groups excluding carboxylic acids is 2. The number of sulfonamides is 1. The normalized spacial score (nSPS) is 21.8. The van der Waals surface area contributed by atoms with Gasteiger partial charge in [0.15, 0.2) is 0 Å². The first-order valence-corrected chi connectivity index (χ1v) is 8.97. The smallest absolute Gasteiger partial charge is 0.324 e. The number of carbonyl (C=O) groups is 2. The second-order valence-electron chi connectivity index (χ2n) is 5.73. The van der Waals surface area contributed by atoms with Crippen molar-refractivity contribution in [3.05, 3.63) is 23.8 Å². The number of nitrogens with zero attached hydrogens (tertiary/aromatic N) is 1. The Morgan fingerprint density at radius 3 is 2.70 bits per heavy atom. The summed E-state index contributed by atoms with van der Waals surface area (Å²) in [6.07, 6.45) is 1.56. The van der Waals surface area contributed by atoms with Gasteiger partial charge in [-0.1, -0.05) is 6.07 Å². The zero-order valence-corrected chi connectivity index (χ0v) is 13.6. The number of anilines is 1. The number of esters is 1. The Labute approximate surface area is 134 Å². The summed E-state index contributed by atoms with van der Waals surface area (Å²) in [5.74, 6) is -0.568.